The number of hydrogen-bond acceptors (Lipinski definition) is 4. The number of rotatable bonds is 3. The predicted molar refractivity (Wildman–Crippen MR) is 92.1 cm³/mol. The first-order valence-electron chi connectivity index (χ1n) is 8.51. The van der Waals surface area contributed by atoms with Crippen LogP contribution in [0.15, 0.2) is 24.5 Å². The minimum Gasteiger partial charge on any atom is -0.366 e. The standard InChI is InChI=1S/C18H24N4O2/c19-16(23)2-1-14-13-21-8-3-15(14)17(24)22-11-6-18(7-12-22)4-9-20-10-5-18/h1-3,8,13,20H,4-7,9-12H2,(H2,19,23)/b2-1+. The fraction of sp³-hybridized carbons (Fsp3) is 0.500. The van der Waals surface area contributed by atoms with Crippen molar-refractivity contribution in [2.45, 2.75) is 25.7 Å². The molecule has 128 valence electrons. The van der Waals surface area contributed by atoms with Crippen LogP contribution in [-0.4, -0.2) is 47.9 Å². The molecule has 1 aromatic heterocycles. The van der Waals surface area contributed by atoms with Gasteiger partial charge in [0.1, 0.15) is 0 Å². The highest BCUT2D eigenvalue weighted by Gasteiger charge is 2.37. The maximum Gasteiger partial charge on any atom is 0.254 e. The van der Waals surface area contributed by atoms with E-state index < -0.39 is 5.91 Å². The number of aromatic nitrogens is 1. The number of piperidine rings is 2. The van der Waals surface area contributed by atoms with Crippen LogP contribution in [0, 0.1) is 5.41 Å². The maximum absolute atomic E-state index is 12.9. The van der Waals surface area contributed by atoms with Gasteiger partial charge in [-0.3, -0.25) is 14.6 Å². The van der Waals surface area contributed by atoms with Crippen molar-refractivity contribution in [2.75, 3.05) is 26.2 Å². The van der Waals surface area contributed by atoms with Gasteiger partial charge in [0.15, 0.2) is 0 Å². The monoisotopic (exact) mass is 328 g/mol. The Morgan fingerprint density at radius 3 is 2.58 bits per heavy atom. The first-order valence-corrected chi connectivity index (χ1v) is 8.51. The zero-order chi connectivity index (χ0) is 17.0. The predicted octanol–water partition coefficient (Wildman–Crippen LogP) is 1.19. The zero-order valence-electron chi connectivity index (χ0n) is 13.8. The molecule has 0 radical (unpaired) electrons. The first kappa shape index (κ1) is 16.6. The Bertz CT molecular complexity index is 640. The molecule has 24 heavy (non-hydrogen) atoms. The molecule has 0 bridgehead atoms. The van der Waals surface area contributed by atoms with Crippen LogP contribution in [0.5, 0.6) is 0 Å². The molecule has 0 unspecified atom stereocenters. The summed E-state index contributed by atoms with van der Waals surface area (Å²) in [5.74, 6) is -0.534. The summed E-state index contributed by atoms with van der Waals surface area (Å²) in [7, 11) is 0. The summed E-state index contributed by atoms with van der Waals surface area (Å²) in [6.45, 7) is 3.75. The fourth-order valence-electron chi connectivity index (χ4n) is 3.72. The Balaban J connectivity index is 1.70. The van der Waals surface area contributed by atoms with Gasteiger partial charge in [-0.15, -0.1) is 0 Å². The molecule has 1 spiro atoms. The Labute approximate surface area is 142 Å². The Hall–Kier alpha value is -2.21. The van der Waals surface area contributed by atoms with Crippen molar-refractivity contribution in [3.05, 3.63) is 35.7 Å². The molecule has 0 aliphatic carbocycles. The summed E-state index contributed by atoms with van der Waals surface area (Å²) in [5, 5.41) is 3.41. The van der Waals surface area contributed by atoms with Crippen LogP contribution < -0.4 is 11.1 Å². The second-order valence-corrected chi connectivity index (χ2v) is 6.74. The van der Waals surface area contributed by atoms with E-state index in [-0.39, 0.29) is 5.91 Å². The van der Waals surface area contributed by atoms with Gasteiger partial charge in [0.25, 0.3) is 5.91 Å². The molecule has 3 rings (SSSR count). The van der Waals surface area contributed by atoms with Crippen molar-refractivity contribution < 1.29 is 9.59 Å². The molecule has 2 saturated heterocycles. The number of pyridine rings is 1. The molecule has 3 heterocycles. The van der Waals surface area contributed by atoms with Crippen molar-refractivity contribution in [3.63, 3.8) is 0 Å². The van der Waals surface area contributed by atoms with Crippen LogP contribution in [-0.2, 0) is 4.79 Å². The van der Waals surface area contributed by atoms with Gasteiger partial charge in [0, 0.05) is 42.7 Å². The van der Waals surface area contributed by atoms with Gasteiger partial charge >= 0.3 is 0 Å². The van der Waals surface area contributed by atoms with Gasteiger partial charge in [-0.2, -0.15) is 0 Å². The lowest BCUT2D eigenvalue weighted by Gasteiger charge is -2.44. The number of nitrogens with one attached hydrogen (secondary N) is 1. The lowest BCUT2D eigenvalue weighted by Crippen LogP contribution is -2.47. The molecule has 0 atom stereocenters. The maximum atomic E-state index is 12.9. The molecule has 1 aromatic rings. The van der Waals surface area contributed by atoms with Gasteiger partial charge < -0.3 is 16.0 Å². The van der Waals surface area contributed by atoms with E-state index in [0.717, 1.165) is 39.0 Å². The number of nitrogens with two attached hydrogens (primary N) is 1. The number of amides is 2. The highest BCUT2D eigenvalue weighted by molar-refractivity contribution is 5.99. The van der Waals surface area contributed by atoms with Crippen LogP contribution in [0.2, 0.25) is 0 Å². The minimum atomic E-state index is -0.539. The average molecular weight is 328 g/mol. The van der Waals surface area contributed by atoms with Gasteiger partial charge in [0.05, 0.1) is 0 Å². The zero-order valence-corrected chi connectivity index (χ0v) is 13.8. The molecule has 0 aromatic carbocycles. The summed E-state index contributed by atoms with van der Waals surface area (Å²) < 4.78 is 0. The van der Waals surface area contributed by atoms with E-state index in [1.165, 1.54) is 18.9 Å². The SMILES string of the molecule is NC(=O)/C=C/c1cnccc1C(=O)N1CCC2(CCNCC2)CC1. The third-order valence-electron chi connectivity index (χ3n) is 5.28. The highest BCUT2D eigenvalue weighted by atomic mass is 16.2. The number of hydrogen-bond donors (Lipinski definition) is 2. The van der Waals surface area contributed by atoms with E-state index in [1.807, 2.05) is 4.90 Å². The van der Waals surface area contributed by atoms with Crippen molar-refractivity contribution in [2.24, 2.45) is 11.1 Å². The van der Waals surface area contributed by atoms with Gasteiger partial charge in [-0.1, -0.05) is 0 Å². The second-order valence-electron chi connectivity index (χ2n) is 6.74. The number of likely N-dealkylation sites (tertiary alicyclic amines) is 1. The molecule has 2 aliphatic heterocycles. The van der Waals surface area contributed by atoms with E-state index in [9.17, 15) is 9.59 Å². The van der Waals surface area contributed by atoms with E-state index >= 15 is 0 Å². The summed E-state index contributed by atoms with van der Waals surface area (Å²) in [6.07, 6.45) is 10.6. The largest absolute Gasteiger partial charge is 0.366 e. The molecule has 6 nitrogen and oxygen atoms in total. The third-order valence-corrected chi connectivity index (χ3v) is 5.28. The third kappa shape index (κ3) is 3.64. The molecule has 2 fully saturated rings. The van der Waals surface area contributed by atoms with Crippen LogP contribution in [0.25, 0.3) is 6.08 Å². The number of nitrogens with zero attached hydrogens (tertiary/aromatic N) is 2. The quantitative estimate of drug-likeness (QED) is 0.816. The minimum absolute atomic E-state index is 0.00491. The molecular weight excluding hydrogens is 304 g/mol. The molecular formula is C18H24N4O2. The summed E-state index contributed by atoms with van der Waals surface area (Å²) in [5.41, 5.74) is 6.75. The number of primary amides is 1. The molecule has 3 N–H and O–H groups in total. The van der Waals surface area contributed by atoms with Gasteiger partial charge in [0.2, 0.25) is 5.91 Å². The van der Waals surface area contributed by atoms with E-state index in [0.29, 0.717) is 16.5 Å². The van der Waals surface area contributed by atoms with Crippen LogP contribution >= 0.6 is 0 Å². The fourth-order valence-corrected chi connectivity index (χ4v) is 3.72. The van der Waals surface area contributed by atoms with Crippen LogP contribution in [0.1, 0.15) is 41.6 Å². The highest BCUT2D eigenvalue weighted by Crippen LogP contribution is 2.39. The summed E-state index contributed by atoms with van der Waals surface area (Å²) in [4.78, 5) is 29.8. The Kier molecular flexibility index (Phi) is 4.94. The average Bonchev–Trinajstić information content (AvgIpc) is 2.61. The smallest absolute Gasteiger partial charge is 0.254 e. The normalized spacial score (nSPS) is 20.4. The molecule has 6 heteroatoms. The molecule has 2 amide bonds. The lowest BCUT2D eigenvalue weighted by molar-refractivity contribution is -0.113. The van der Waals surface area contributed by atoms with Crippen molar-refractivity contribution in [1.82, 2.24) is 15.2 Å². The van der Waals surface area contributed by atoms with E-state index in [2.05, 4.69) is 10.3 Å². The topological polar surface area (TPSA) is 88.3 Å². The first-order chi connectivity index (χ1) is 11.6. The number of carbonyl (C=O) groups is 2. The summed E-state index contributed by atoms with van der Waals surface area (Å²) in [6, 6.07) is 1.71. The van der Waals surface area contributed by atoms with Crippen molar-refractivity contribution in [3.8, 4) is 0 Å². The molecule has 2 aliphatic rings. The molecule has 0 saturated carbocycles. The van der Waals surface area contributed by atoms with E-state index in [1.54, 1.807) is 24.5 Å². The van der Waals surface area contributed by atoms with Crippen molar-refractivity contribution in [1.29, 1.82) is 0 Å². The lowest BCUT2D eigenvalue weighted by atomic mass is 9.71. The second kappa shape index (κ2) is 7.13. The van der Waals surface area contributed by atoms with Crippen LogP contribution in [0.3, 0.4) is 0 Å². The van der Waals surface area contributed by atoms with Crippen LogP contribution in [0.4, 0.5) is 0 Å². The summed E-state index contributed by atoms with van der Waals surface area (Å²) >= 11 is 0. The Morgan fingerprint density at radius 1 is 1.21 bits per heavy atom. The van der Waals surface area contributed by atoms with Crippen molar-refractivity contribution >= 4 is 17.9 Å². The van der Waals surface area contributed by atoms with E-state index in [4.69, 9.17) is 5.73 Å². The Morgan fingerprint density at radius 2 is 1.92 bits per heavy atom. The number of carbonyl (C=O) groups excluding carboxylic acids is 2. The van der Waals surface area contributed by atoms with Gasteiger partial charge in [-0.05, 0) is 56.3 Å². The van der Waals surface area contributed by atoms with Gasteiger partial charge in [-0.25, -0.2) is 0 Å².